The molecule has 2 aliphatic heterocycles. The highest BCUT2D eigenvalue weighted by atomic mass is 35.5. The van der Waals surface area contributed by atoms with Crippen molar-refractivity contribution in [2.45, 2.75) is 25.4 Å². The number of hydrogen-bond donors (Lipinski definition) is 1. The summed E-state index contributed by atoms with van der Waals surface area (Å²) >= 11 is 6.29. The first kappa shape index (κ1) is 18.5. The van der Waals surface area contributed by atoms with E-state index in [1.165, 1.54) is 5.56 Å². The predicted octanol–water partition coefficient (Wildman–Crippen LogP) is 3.04. The molecule has 0 bridgehead atoms. The highest BCUT2D eigenvalue weighted by Crippen LogP contribution is 2.21. The van der Waals surface area contributed by atoms with Gasteiger partial charge in [0.25, 0.3) is 0 Å². The minimum atomic E-state index is 0.444. The van der Waals surface area contributed by atoms with Gasteiger partial charge in [-0.1, -0.05) is 29.8 Å². The number of likely N-dealkylation sites (tertiary alicyclic amines) is 1. The first-order valence-electron chi connectivity index (χ1n) is 9.66. The summed E-state index contributed by atoms with van der Waals surface area (Å²) in [4.78, 5) is 13.8. The van der Waals surface area contributed by atoms with Crippen LogP contribution in [-0.4, -0.2) is 60.3 Å². The lowest BCUT2D eigenvalue weighted by atomic mass is 10.0. The third-order valence-electron chi connectivity index (χ3n) is 5.23. The Morgan fingerprint density at radius 1 is 1.07 bits per heavy atom. The Bertz CT molecular complexity index is 745. The van der Waals surface area contributed by atoms with Gasteiger partial charge in [0.15, 0.2) is 0 Å². The van der Waals surface area contributed by atoms with E-state index in [0.29, 0.717) is 6.04 Å². The quantitative estimate of drug-likeness (QED) is 0.851. The molecule has 0 atom stereocenters. The van der Waals surface area contributed by atoms with Crippen LogP contribution in [0.15, 0.2) is 36.5 Å². The van der Waals surface area contributed by atoms with Gasteiger partial charge in [0, 0.05) is 50.0 Å². The summed E-state index contributed by atoms with van der Waals surface area (Å²) in [6, 6.07) is 10.5. The summed E-state index contributed by atoms with van der Waals surface area (Å²) in [6.07, 6.45) is 4.04. The van der Waals surface area contributed by atoms with Crippen molar-refractivity contribution in [1.29, 1.82) is 0 Å². The van der Waals surface area contributed by atoms with Gasteiger partial charge < -0.3 is 15.0 Å². The molecule has 4 rings (SSSR count). The Morgan fingerprint density at radius 3 is 2.63 bits per heavy atom. The molecule has 1 aromatic carbocycles. The summed E-state index contributed by atoms with van der Waals surface area (Å²) in [7, 11) is 0. The van der Waals surface area contributed by atoms with E-state index < -0.39 is 0 Å². The third kappa shape index (κ3) is 4.89. The van der Waals surface area contributed by atoms with Crippen molar-refractivity contribution in [3.05, 3.63) is 47.1 Å². The Morgan fingerprint density at radius 2 is 1.85 bits per heavy atom. The summed E-state index contributed by atoms with van der Waals surface area (Å²) in [5, 5.41) is 4.45. The van der Waals surface area contributed by atoms with Gasteiger partial charge in [-0.05, 0) is 30.5 Å². The smallest absolute Gasteiger partial charge is 0.227 e. The lowest BCUT2D eigenvalue weighted by Crippen LogP contribution is -2.39. The topological polar surface area (TPSA) is 53.5 Å². The number of nitrogens with one attached hydrogen (secondary N) is 1. The van der Waals surface area contributed by atoms with Crippen molar-refractivity contribution in [3.63, 3.8) is 0 Å². The molecule has 144 valence electrons. The molecule has 0 spiro atoms. The molecule has 3 heterocycles. The van der Waals surface area contributed by atoms with Crippen LogP contribution in [0.3, 0.4) is 0 Å². The minimum absolute atomic E-state index is 0.444. The van der Waals surface area contributed by atoms with E-state index in [0.717, 1.165) is 75.6 Å². The first-order valence-corrected chi connectivity index (χ1v) is 10.0. The molecule has 0 radical (unpaired) electrons. The summed E-state index contributed by atoms with van der Waals surface area (Å²) in [6.45, 7) is 6.22. The van der Waals surface area contributed by atoms with E-state index in [2.05, 4.69) is 32.2 Å². The van der Waals surface area contributed by atoms with Crippen LogP contribution in [0, 0.1) is 0 Å². The van der Waals surface area contributed by atoms with E-state index in [1.54, 1.807) is 0 Å². The predicted molar refractivity (Wildman–Crippen MR) is 108 cm³/mol. The lowest BCUT2D eigenvalue weighted by molar-refractivity contribution is 0.122. The standard InChI is InChI=1S/C20H26ClN5O/c21-18-4-2-1-3-16(18)15-25-9-6-17(7-10-25)23-19-5-8-22-20(24-19)26-11-13-27-14-12-26/h1-5,8,17H,6-7,9-15H2,(H,22,23,24). The summed E-state index contributed by atoms with van der Waals surface area (Å²) in [5.41, 5.74) is 1.21. The number of benzene rings is 1. The largest absolute Gasteiger partial charge is 0.378 e. The van der Waals surface area contributed by atoms with E-state index >= 15 is 0 Å². The molecule has 1 aromatic heterocycles. The van der Waals surface area contributed by atoms with Crippen LogP contribution >= 0.6 is 11.6 Å². The van der Waals surface area contributed by atoms with Crippen LogP contribution < -0.4 is 10.2 Å². The number of nitrogens with zero attached hydrogens (tertiary/aromatic N) is 4. The van der Waals surface area contributed by atoms with Crippen molar-refractivity contribution >= 4 is 23.4 Å². The fraction of sp³-hybridized carbons (Fsp3) is 0.500. The molecule has 2 fully saturated rings. The molecule has 0 amide bonds. The SMILES string of the molecule is Clc1ccccc1CN1CCC(Nc2ccnc(N3CCOCC3)n2)CC1. The molecule has 0 aliphatic carbocycles. The second-order valence-corrected chi connectivity index (χ2v) is 7.53. The molecule has 7 heteroatoms. The zero-order valence-electron chi connectivity index (χ0n) is 15.5. The number of aromatic nitrogens is 2. The first-order chi connectivity index (χ1) is 13.3. The number of piperidine rings is 1. The van der Waals surface area contributed by atoms with Gasteiger partial charge in [-0.3, -0.25) is 4.90 Å². The van der Waals surface area contributed by atoms with Crippen LogP contribution in [0.1, 0.15) is 18.4 Å². The monoisotopic (exact) mass is 387 g/mol. The molecular formula is C20H26ClN5O. The van der Waals surface area contributed by atoms with Crippen molar-refractivity contribution in [3.8, 4) is 0 Å². The lowest BCUT2D eigenvalue weighted by Gasteiger charge is -2.33. The van der Waals surface area contributed by atoms with Crippen molar-refractivity contribution in [2.24, 2.45) is 0 Å². The van der Waals surface area contributed by atoms with Gasteiger partial charge in [0.2, 0.25) is 5.95 Å². The highest BCUT2D eigenvalue weighted by molar-refractivity contribution is 6.31. The number of anilines is 2. The van der Waals surface area contributed by atoms with Crippen molar-refractivity contribution in [1.82, 2.24) is 14.9 Å². The zero-order valence-corrected chi connectivity index (χ0v) is 16.2. The molecule has 27 heavy (non-hydrogen) atoms. The van der Waals surface area contributed by atoms with Gasteiger partial charge in [0.05, 0.1) is 13.2 Å². The summed E-state index contributed by atoms with van der Waals surface area (Å²) in [5.74, 6) is 1.70. The van der Waals surface area contributed by atoms with Gasteiger partial charge in [-0.25, -0.2) is 4.98 Å². The maximum Gasteiger partial charge on any atom is 0.227 e. The van der Waals surface area contributed by atoms with Crippen LogP contribution in [0.5, 0.6) is 0 Å². The minimum Gasteiger partial charge on any atom is -0.378 e. The molecule has 1 N–H and O–H groups in total. The number of morpholine rings is 1. The molecule has 0 saturated carbocycles. The molecule has 2 saturated heterocycles. The van der Waals surface area contributed by atoms with Crippen LogP contribution in [0.2, 0.25) is 5.02 Å². The maximum absolute atomic E-state index is 6.29. The van der Waals surface area contributed by atoms with Gasteiger partial charge in [-0.2, -0.15) is 4.98 Å². The zero-order chi connectivity index (χ0) is 18.5. The fourth-order valence-electron chi connectivity index (χ4n) is 3.66. The normalized spacial score (nSPS) is 19.2. The van der Waals surface area contributed by atoms with Gasteiger partial charge in [0.1, 0.15) is 5.82 Å². The number of ether oxygens (including phenoxy) is 1. The van der Waals surface area contributed by atoms with Gasteiger partial charge >= 0.3 is 0 Å². The molecular weight excluding hydrogens is 362 g/mol. The molecule has 2 aliphatic rings. The van der Waals surface area contributed by atoms with Crippen molar-refractivity contribution in [2.75, 3.05) is 49.6 Å². The molecule has 0 unspecified atom stereocenters. The van der Waals surface area contributed by atoms with E-state index in [-0.39, 0.29) is 0 Å². The second kappa shape index (κ2) is 8.87. The highest BCUT2D eigenvalue weighted by Gasteiger charge is 2.21. The average Bonchev–Trinajstić information content (AvgIpc) is 2.72. The van der Waals surface area contributed by atoms with Gasteiger partial charge in [-0.15, -0.1) is 0 Å². The maximum atomic E-state index is 6.29. The molecule has 2 aromatic rings. The average molecular weight is 388 g/mol. The molecule has 6 nitrogen and oxygen atoms in total. The Labute approximate surface area is 165 Å². The Kier molecular flexibility index (Phi) is 6.07. The van der Waals surface area contributed by atoms with E-state index in [9.17, 15) is 0 Å². The Balaban J connectivity index is 1.29. The number of halogens is 1. The van der Waals surface area contributed by atoms with Crippen LogP contribution in [-0.2, 0) is 11.3 Å². The fourth-order valence-corrected chi connectivity index (χ4v) is 3.85. The van der Waals surface area contributed by atoms with E-state index in [1.807, 2.05) is 24.4 Å². The number of rotatable bonds is 5. The van der Waals surface area contributed by atoms with E-state index in [4.69, 9.17) is 21.3 Å². The number of hydrogen-bond acceptors (Lipinski definition) is 6. The summed E-state index contributed by atoms with van der Waals surface area (Å²) < 4.78 is 5.41. The van der Waals surface area contributed by atoms with Crippen LogP contribution in [0.25, 0.3) is 0 Å². The Hall–Kier alpha value is -1.89. The van der Waals surface area contributed by atoms with Crippen LogP contribution in [0.4, 0.5) is 11.8 Å². The van der Waals surface area contributed by atoms with Crippen molar-refractivity contribution < 1.29 is 4.74 Å². The second-order valence-electron chi connectivity index (χ2n) is 7.13. The third-order valence-corrected chi connectivity index (χ3v) is 5.60.